The zero-order valence-electron chi connectivity index (χ0n) is 11.1. The first kappa shape index (κ1) is 13.0. The van der Waals surface area contributed by atoms with Gasteiger partial charge in [0.15, 0.2) is 0 Å². The maximum atomic E-state index is 11.9. The van der Waals surface area contributed by atoms with Crippen molar-refractivity contribution in [3.63, 3.8) is 0 Å². The van der Waals surface area contributed by atoms with Crippen molar-refractivity contribution in [2.45, 2.75) is 39.2 Å². The lowest BCUT2D eigenvalue weighted by molar-refractivity contribution is 0.0931. The van der Waals surface area contributed by atoms with Gasteiger partial charge in [0.05, 0.1) is 0 Å². The third-order valence-corrected chi connectivity index (χ3v) is 3.47. The summed E-state index contributed by atoms with van der Waals surface area (Å²) in [5, 5.41) is 9.58. The van der Waals surface area contributed by atoms with Crippen LogP contribution in [0.2, 0.25) is 0 Å². The number of aromatic nitrogens is 3. The Kier molecular flexibility index (Phi) is 4.30. The lowest BCUT2D eigenvalue weighted by Gasteiger charge is -2.22. The minimum Gasteiger partial charge on any atom is -0.348 e. The maximum Gasteiger partial charge on any atom is 0.291 e. The van der Waals surface area contributed by atoms with Crippen LogP contribution in [0.5, 0.6) is 0 Å². The Bertz CT molecular complexity index is 403. The van der Waals surface area contributed by atoms with Crippen molar-refractivity contribution >= 4 is 5.91 Å². The molecule has 100 valence electrons. The van der Waals surface area contributed by atoms with Crippen molar-refractivity contribution in [1.82, 2.24) is 25.4 Å². The number of hydrogen-bond acceptors (Lipinski definition) is 4. The van der Waals surface area contributed by atoms with Gasteiger partial charge in [-0.15, -0.1) is 5.10 Å². The van der Waals surface area contributed by atoms with Crippen LogP contribution >= 0.6 is 0 Å². The van der Waals surface area contributed by atoms with E-state index in [4.69, 9.17) is 0 Å². The maximum absolute atomic E-state index is 11.9. The summed E-state index contributed by atoms with van der Waals surface area (Å²) in [5.74, 6) is 0.804. The summed E-state index contributed by atoms with van der Waals surface area (Å²) < 4.78 is 0. The molecule has 1 aliphatic rings. The van der Waals surface area contributed by atoms with E-state index < -0.39 is 0 Å². The minimum atomic E-state index is -0.186. The number of aryl methyl sites for hydroxylation is 1. The minimum absolute atomic E-state index is 0.186. The van der Waals surface area contributed by atoms with Gasteiger partial charge in [-0.3, -0.25) is 14.8 Å². The molecule has 0 saturated carbocycles. The molecule has 1 aromatic heterocycles. The highest BCUT2D eigenvalue weighted by molar-refractivity contribution is 5.90. The van der Waals surface area contributed by atoms with Crippen LogP contribution in [-0.4, -0.2) is 51.7 Å². The highest BCUT2D eigenvalue weighted by Gasteiger charge is 2.23. The molecule has 2 heterocycles. The fourth-order valence-electron chi connectivity index (χ4n) is 2.39. The fraction of sp³-hybridized carbons (Fsp3) is 0.750. The molecule has 1 atom stereocenters. The van der Waals surface area contributed by atoms with Gasteiger partial charge >= 0.3 is 0 Å². The molecular formula is C12H21N5O. The third-order valence-electron chi connectivity index (χ3n) is 3.47. The van der Waals surface area contributed by atoms with Gasteiger partial charge in [0, 0.05) is 19.0 Å². The number of carbonyl (C=O) groups is 1. The Morgan fingerprint density at radius 1 is 1.56 bits per heavy atom. The number of carbonyl (C=O) groups excluding carboxylic acids is 1. The van der Waals surface area contributed by atoms with Gasteiger partial charge in [0.1, 0.15) is 5.82 Å². The van der Waals surface area contributed by atoms with E-state index in [1.54, 1.807) is 0 Å². The predicted molar refractivity (Wildman–Crippen MR) is 68.4 cm³/mol. The van der Waals surface area contributed by atoms with E-state index in [1.165, 1.54) is 6.42 Å². The molecule has 0 radical (unpaired) electrons. The first-order valence-corrected chi connectivity index (χ1v) is 6.68. The second kappa shape index (κ2) is 5.95. The number of aromatic amines is 1. The van der Waals surface area contributed by atoms with Crippen LogP contribution < -0.4 is 5.32 Å². The zero-order chi connectivity index (χ0) is 13.0. The van der Waals surface area contributed by atoms with E-state index in [-0.39, 0.29) is 11.7 Å². The normalized spacial score (nSPS) is 20.2. The van der Waals surface area contributed by atoms with Crippen LogP contribution in [0.15, 0.2) is 0 Å². The molecule has 1 aliphatic heterocycles. The van der Waals surface area contributed by atoms with Crippen molar-refractivity contribution in [3.05, 3.63) is 11.6 Å². The molecule has 2 N–H and O–H groups in total. The molecule has 0 bridgehead atoms. The Hall–Kier alpha value is -1.43. The Morgan fingerprint density at radius 3 is 3.06 bits per heavy atom. The molecule has 0 aliphatic carbocycles. The molecule has 1 fully saturated rings. The van der Waals surface area contributed by atoms with Gasteiger partial charge in [-0.05, 0) is 25.9 Å². The van der Waals surface area contributed by atoms with Crippen molar-refractivity contribution in [2.24, 2.45) is 0 Å². The number of likely N-dealkylation sites (N-methyl/N-ethyl adjacent to an activating group) is 1. The average Bonchev–Trinajstić information content (AvgIpc) is 3.04. The van der Waals surface area contributed by atoms with Crippen LogP contribution in [0.1, 0.15) is 43.1 Å². The van der Waals surface area contributed by atoms with Crippen molar-refractivity contribution < 1.29 is 4.79 Å². The fourth-order valence-corrected chi connectivity index (χ4v) is 2.39. The van der Waals surface area contributed by atoms with E-state index in [1.807, 2.05) is 6.92 Å². The summed E-state index contributed by atoms with van der Waals surface area (Å²) in [6.07, 6.45) is 3.13. The Labute approximate surface area is 107 Å². The largest absolute Gasteiger partial charge is 0.348 e. The number of H-pyrrole nitrogens is 1. The Morgan fingerprint density at radius 2 is 2.39 bits per heavy atom. The Balaban J connectivity index is 1.84. The van der Waals surface area contributed by atoms with Crippen molar-refractivity contribution in [2.75, 3.05) is 19.6 Å². The van der Waals surface area contributed by atoms with E-state index in [0.717, 1.165) is 31.8 Å². The number of nitrogens with one attached hydrogen (secondary N) is 2. The van der Waals surface area contributed by atoms with Gasteiger partial charge in [0.25, 0.3) is 5.91 Å². The second-order valence-electron chi connectivity index (χ2n) is 4.59. The standard InChI is InChI=1S/C12H21N5O/c1-3-10-14-11(16-15-10)12(18)13-8-9-6-5-7-17(9)4-2/h9H,3-8H2,1-2H3,(H,13,18)(H,14,15,16). The summed E-state index contributed by atoms with van der Waals surface area (Å²) in [6, 6.07) is 0.462. The summed E-state index contributed by atoms with van der Waals surface area (Å²) in [6.45, 7) is 6.99. The van der Waals surface area contributed by atoms with E-state index in [0.29, 0.717) is 12.6 Å². The molecule has 1 aromatic rings. The quantitative estimate of drug-likeness (QED) is 0.803. The van der Waals surface area contributed by atoms with Gasteiger partial charge in [-0.25, -0.2) is 4.98 Å². The average molecular weight is 251 g/mol. The molecule has 6 heteroatoms. The SMILES string of the molecule is CCc1nc(C(=O)NCC2CCCN2CC)n[nH]1. The molecule has 1 saturated heterocycles. The summed E-state index contributed by atoms with van der Waals surface area (Å²) in [5.41, 5.74) is 0. The molecule has 1 amide bonds. The first-order chi connectivity index (χ1) is 8.74. The highest BCUT2D eigenvalue weighted by Crippen LogP contribution is 2.15. The van der Waals surface area contributed by atoms with Crippen LogP contribution in [0.3, 0.4) is 0 Å². The number of hydrogen-bond donors (Lipinski definition) is 2. The van der Waals surface area contributed by atoms with Crippen molar-refractivity contribution in [3.8, 4) is 0 Å². The molecule has 6 nitrogen and oxygen atoms in total. The molecule has 2 rings (SSSR count). The molecular weight excluding hydrogens is 230 g/mol. The van der Waals surface area contributed by atoms with E-state index >= 15 is 0 Å². The zero-order valence-corrected chi connectivity index (χ0v) is 11.1. The lowest BCUT2D eigenvalue weighted by Crippen LogP contribution is -2.40. The lowest BCUT2D eigenvalue weighted by atomic mass is 10.2. The van der Waals surface area contributed by atoms with Gasteiger partial charge in [-0.2, -0.15) is 0 Å². The van der Waals surface area contributed by atoms with Crippen molar-refractivity contribution in [1.29, 1.82) is 0 Å². The summed E-state index contributed by atoms with van der Waals surface area (Å²) >= 11 is 0. The highest BCUT2D eigenvalue weighted by atomic mass is 16.2. The number of likely N-dealkylation sites (tertiary alicyclic amines) is 1. The van der Waals surface area contributed by atoms with Gasteiger partial charge in [0.2, 0.25) is 5.82 Å². The van der Waals surface area contributed by atoms with E-state index in [2.05, 4.69) is 32.3 Å². The smallest absolute Gasteiger partial charge is 0.291 e. The predicted octanol–water partition coefficient (Wildman–Crippen LogP) is 0.581. The van der Waals surface area contributed by atoms with Crippen LogP contribution in [0, 0.1) is 0 Å². The number of nitrogens with zero attached hydrogens (tertiary/aromatic N) is 3. The summed E-state index contributed by atoms with van der Waals surface area (Å²) in [7, 11) is 0. The molecule has 0 aromatic carbocycles. The first-order valence-electron chi connectivity index (χ1n) is 6.68. The summed E-state index contributed by atoms with van der Waals surface area (Å²) in [4.78, 5) is 18.4. The molecule has 18 heavy (non-hydrogen) atoms. The van der Waals surface area contributed by atoms with Gasteiger partial charge < -0.3 is 5.32 Å². The monoisotopic (exact) mass is 251 g/mol. The van der Waals surface area contributed by atoms with Crippen LogP contribution in [0.25, 0.3) is 0 Å². The number of rotatable bonds is 5. The van der Waals surface area contributed by atoms with Crippen LogP contribution in [0.4, 0.5) is 0 Å². The molecule has 1 unspecified atom stereocenters. The van der Waals surface area contributed by atoms with Crippen LogP contribution in [-0.2, 0) is 6.42 Å². The van der Waals surface area contributed by atoms with Gasteiger partial charge in [-0.1, -0.05) is 13.8 Å². The third kappa shape index (κ3) is 2.87. The second-order valence-corrected chi connectivity index (χ2v) is 4.59. The van der Waals surface area contributed by atoms with E-state index in [9.17, 15) is 4.79 Å². The molecule has 0 spiro atoms. The number of amides is 1. The topological polar surface area (TPSA) is 73.9 Å².